The lowest BCUT2D eigenvalue weighted by Gasteiger charge is -2.42. The quantitative estimate of drug-likeness (QED) is 0.569. The van der Waals surface area contributed by atoms with Gasteiger partial charge in [0.2, 0.25) is 0 Å². The number of benzene rings is 1. The molecule has 1 amide bonds. The van der Waals surface area contributed by atoms with Gasteiger partial charge in [0, 0.05) is 31.8 Å². The molecule has 1 unspecified atom stereocenters. The minimum absolute atomic E-state index is 0.173. The van der Waals surface area contributed by atoms with Gasteiger partial charge in [0.25, 0.3) is 5.56 Å². The van der Waals surface area contributed by atoms with Crippen molar-refractivity contribution in [3.8, 4) is 5.88 Å². The van der Waals surface area contributed by atoms with E-state index in [1.54, 1.807) is 30.1 Å². The maximum absolute atomic E-state index is 14.2. The minimum atomic E-state index is -1.02. The Morgan fingerprint density at radius 1 is 1.21 bits per heavy atom. The van der Waals surface area contributed by atoms with Gasteiger partial charge in [0.05, 0.1) is 0 Å². The van der Waals surface area contributed by atoms with Crippen LogP contribution in [0, 0.1) is 5.82 Å². The number of rotatable bonds is 5. The van der Waals surface area contributed by atoms with Crippen molar-refractivity contribution >= 4 is 12.1 Å². The van der Waals surface area contributed by atoms with Crippen molar-refractivity contribution in [3.05, 3.63) is 64.2 Å². The van der Waals surface area contributed by atoms with E-state index in [4.69, 9.17) is 20.9 Å². The molecule has 1 fully saturated rings. The Labute approximate surface area is 160 Å². The summed E-state index contributed by atoms with van der Waals surface area (Å²) >= 11 is 0. The third-order valence-corrected chi connectivity index (χ3v) is 4.24. The lowest BCUT2D eigenvalue weighted by atomic mass is 10.1. The highest BCUT2D eigenvalue weighted by Crippen LogP contribution is 2.30. The average Bonchev–Trinajstić information content (AvgIpc) is 2.59. The van der Waals surface area contributed by atoms with Crippen molar-refractivity contribution in [2.75, 3.05) is 13.1 Å². The number of likely N-dealkylation sites (tertiary alicyclic amines) is 1. The fourth-order valence-corrected chi connectivity index (χ4v) is 2.81. The van der Waals surface area contributed by atoms with E-state index in [-0.39, 0.29) is 17.2 Å². The predicted octanol–water partition coefficient (Wildman–Crippen LogP) is 0.696. The van der Waals surface area contributed by atoms with Gasteiger partial charge in [-0.1, -0.05) is 24.3 Å². The molecule has 3 rings (SSSR count). The Bertz CT molecular complexity index is 951. The number of halogens is 1. The lowest BCUT2D eigenvalue weighted by molar-refractivity contribution is -0.0974. The molecule has 1 aromatic carbocycles. The van der Waals surface area contributed by atoms with Crippen LogP contribution in [-0.4, -0.2) is 40.7 Å². The number of ether oxygens (including phenoxy) is 2. The van der Waals surface area contributed by atoms with Gasteiger partial charge in [-0.3, -0.25) is 14.3 Å². The fourth-order valence-electron chi connectivity index (χ4n) is 2.81. The van der Waals surface area contributed by atoms with Crippen LogP contribution in [0.15, 0.2) is 52.3 Å². The van der Waals surface area contributed by atoms with E-state index in [0.717, 1.165) is 0 Å². The van der Waals surface area contributed by atoms with Crippen LogP contribution in [0.2, 0.25) is 0 Å². The molecule has 1 aliphatic heterocycles. The first-order valence-corrected chi connectivity index (χ1v) is 8.46. The van der Waals surface area contributed by atoms with Crippen LogP contribution in [0.4, 0.5) is 9.18 Å². The van der Waals surface area contributed by atoms with Crippen LogP contribution in [-0.2, 0) is 11.8 Å². The summed E-state index contributed by atoms with van der Waals surface area (Å²) in [6, 6.07) is 10.7. The second kappa shape index (κ2) is 8.09. The molecule has 4 N–H and O–H groups in total. The third-order valence-electron chi connectivity index (χ3n) is 4.24. The molecular weight excluding hydrogens is 369 g/mol. The van der Waals surface area contributed by atoms with Gasteiger partial charge in [-0.2, -0.15) is 0 Å². The van der Waals surface area contributed by atoms with Crippen LogP contribution in [0.3, 0.4) is 0 Å². The summed E-state index contributed by atoms with van der Waals surface area (Å²) in [4.78, 5) is 28.5. The minimum Gasteiger partial charge on any atom is -0.473 e. The first kappa shape index (κ1) is 19.4. The Kier molecular flexibility index (Phi) is 5.59. The number of pyridine rings is 1. The molecular formula is C18H20FN5O4. The normalized spacial score (nSPS) is 15.4. The van der Waals surface area contributed by atoms with Crippen LogP contribution in [0.5, 0.6) is 5.88 Å². The number of carbonyl (C=O) groups excluding carboxylic acids is 1. The highest BCUT2D eigenvalue weighted by atomic mass is 19.1. The highest BCUT2D eigenvalue weighted by molar-refractivity contribution is 5.87. The Morgan fingerprint density at radius 3 is 2.61 bits per heavy atom. The highest BCUT2D eigenvalue weighted by Gasteiger charge is 2.38. The second-order valence-electron chi connectivity index (χ2n) is 6.25. The number of aromatic nitrogens is 1. The van der Waals surface area contributed by atoms with E-state index in [1.165, 1.54) is 28.8 Å². The first-order valence-electron chi connectivity index (χ1n) is 8.46. The number of nitrogens with two attached hydrogens (primary N) is 2. The van der Waals surface area contributed by atoms with Gasteiger partial charge in [-0.05, 0) is 12.1 Å². The van der Waals surface area contributed by atoms with Gasteiger partial charge in [0.1, 0.15) is 11.9 Å². The molecule has 10 heteroatoms. The van der Waals surface area contributed by atoms with Gasteiger partial charge in [-0.25, -0.2) is 9.18 Å². The van der Waals surface area contributed by atoms with E-state index in [0.29, 0.717) is 19.0 Å². The number of aliphatic imine (C=N–C) groups is 1. The molecule has 0 saturated carbocycles. The summed E-state index contributed by atoms with van der Waals surface area (Å²) < 4.78 is 26.7. The molecule has 1 saturated heterocycles. The zero-order valence-corrected chi connectivity index (χ0v) is 15.1. The van der Waals surface area contributed by atoms with Crippen molar-refractivity contribution in [3.63, 3.8) is 0 Å². The largest absolute Gasteiger partial charge is 0.473 e. The molecule has 28 heavy (non-hydrogen) atoms. The molecule has 0 spiro atoms. The number of hydrogen-bond acceptors (Lipinski definition) is 5. The summed E-state index contributed by atoms with van der Waals surface area (Å²) in [7, 11) is 1.60. The molecule has 148 valence electrons. The van der Waals surface area contributed by atoms with Crippen molar-refractivity contribution in [1.29, 1.82) is 0 Å². The first-order chi connectivity index (χ1) is 13.3. The number of carbonyl (C=O) groups is 1. The molecule has 9 nitrogen and oxygen atoms in total. The Balaban J connectivity index is 1.73. The Hall–Kier alpha value is -3.40. The average molecular weight is 389 g/mol. The van der Waals surface area contributed by atoms with Gasteiger partial charge < -0.3 is 20.9 Å². The van der Waals surface area contributed by atoms with E-state index >= 15 is 0 Å². The van der Waals surface area contributed by atoms with Crippen LogP contribution in [0.1, 0.15) is 11.8 Å². The fraction of sp³-hybridized carbons (Fsp3) is 0.278. The molecule has 2 aromatic rings. The smallest absolute Gasteiger partial charge is 0.438 e. The van der Waals surface area contributed by atoms with Crippen molar-refractivity contribution in [2.45, 2.75) is 12.3 Å². The lowest BCUT2D eigenvalue weighted by Crippen LogP contribution is -2.56. The van der Waals surface area contributed by atoms with Gasteiger partial charge in [0.15, 0.2) is 18.1 Å². The molecule has 1 aliphatic rings. The summed E-state index contributed by atoms with van der Waals surface area (Å²) in [6.07, 6.45) is -2.30. The molecule has 0 bridgehead atoms. The van der Waals surface area contributed by atoms with Crippen molar-refractivity contribution in [1.82, 2.24) is 9.47 Å². The summed E-state index contributed by atoms with van der Waals surface area (Å²) in [5, 5.41) is 0. The predicted molar refractivity (Wildman–Crippen MR) is 99.1 cm³/mol. The molecule has 2 heterocycles. The summed E-state index contributed by atoms with van der Waals surface area (Å²) in [6.45, 7) is 0.689. The van der Waals surface area contributed by atoms with E-state index in [1.807, 2.05) is 0 Å². The topological polar surface area (TPSA) is 125 Å². The van der Waals surface area contributed by atoms with E-state index in [9.17, 15) is 14.0 Å². The number of nitrogens with zero attached hydrogens (tertiary/aromatic N) is 3. The third kappa shape index (κ3) is 4.29. The van der Waals surface area contributed by atoms with Gasteiger partial charge >= 0.3 is 6.09 Å². The zero-order valence-electron chi connectivity index (χ0n) is 15.1. The number of amides is 1. The molecule has 0 aliphatic carbocycles. The van der Waals surface area contributed by atoms with Crippen molar-refractivity contribution < 1.29 is 18.7 Å². The monoisotopic (exact) mass is 389 g/mol. The molecule has 1 aromatic heterocycles. The maximum Gasteiger partial charge on any atom is 0.438 e. The van der Waals surface area contributed by atoms with Crippen LogP contribution < -0.4 is 21.8 Å². The van der Waals surface area contributed by atoms with Crippen LogP contribution in [0.25, 0.3) is 0 Å². The second-order valence-corrected chi connectivity index (χ2v) is 6.25. The molecule has 1 atom stereocenters. The van der Waals surface area contributed by atoms with Crippen molar-refractivity contribution in [2.24, 2.45) is 23.5 Å². The van der Waals surface area contributed by atoms with Crippen LogP contribution >= 0.6 is 0 Å². The summed E-state index contributed by atoms with van der Waals surface area (Å²) in [5.41, 5.74) is 10.4. The Morgan fingerprint density at radius 2 is 1.93 bits per heavy atom. The molecule has 0 radical (unpaired) electrons. The number of guanidine groups is 1. The maximum atomic E-state index is 14.2. The van der Waals surface area contributed by atoms with E-state index in [2.05, 4.69) is 4.99 Å². The van der Waals surface area contributed by atoms with E-state index < -0.39 is 24.1 Å². The standard InChI is InChI=1S/C18H20FN5O4/c1-23-14(25)7-4-8-15(23)27-11-9-24(10-11)16(28-18(26)22-17(20)21)12-5-2-3-6-13(12)19/h2-8,11,16H,9-10H2,1H3,(H4,20,21,22,26). The SMILES string of the molecule is Cn1c(OC2CN(C(OC(=O)N=C(N)N)c3ccccc3F)C2)cccc1=O. The van der Waals surface area contributed by atoms with Gasteiger partial charge in [-0.15, -0.1) is 4.99 Å². The zero-order chi connectivity index (χ0) is 20.3. The number of hydrogen-bond donors (Lipinski definition) is 2. The summed E-state index contributed by atoms with van der Waals surface area (Å²) in [5.74, 6) is -0.566.